The number of nitrogens with one attached hydrogen (secondary N) is 1. The number of aliphatic hydroxyl groups excluding tert-OH is 1. The lowest BCUT2D eigenvalue weighted by molar-refractivity contribution is 0.0910. The fourth-order valence-electron chi connectivity index (χ4n) is 1.54. The Balaban J connectivity index is 2.55. The van der Waals surface area contributed by atoms with E-state index in [2.05, 4.69) is 5.32 Å². The second kappa shape index (κ2) is 6.25. The van der Waals surface area contributed by atoms with Crippen molar-refractivity contribution in [2.24, 2.45) is 0 Å². The van der Waals surface area contributed by atoms with Crippen LogP contribution in [0, 0.1) is 6.92 Å². The van der Waals surface area contributed by atoms with Crippen molar-refractivity contribution in [2.45, 2.75) is 32.8 Å². The van der Waals surface area contributed by atoms with Crippen molar-refractivity contribution in [3.05, 3.63) is 29.3 Å². The van der Waals surface area contributed by atoms with Gasteiger partial charge in [0, 0.05) is 12.1 Å². The van der Waals surface area contributed by atoms with Crippen LogP contribution in [0.2, 0.25) is 0 Å². The van der Waals surface area contributed by atoms with Gasteiger partial charge in [-0.1, -0.05) is 13.3 Å². The number of carbonyl (C=O) groups is 1. The van der Waals surface area contributed by atoms with Crippen molar-refractivity contribution in [3.63, 3.8) is 0 Å². The molecule has 0 aliphatic carbocycles. The van der Waals surface area contributed by atoms with Crippen LogP contribution in [0.15, 0.2) is 18.2 Å². The Bertz CT molecular complexity index is 390. The number of hydrogen-bond acceptors (Lipinski definition) is 3. The summed E-state index contributed by atoms with van der Waals surface area (Å²) in [4.78, 5) is 11.7. The molecular weight excluding hydrogens is 218 g/mol. The molecule has 0 fully saturated rings. The first kappa shape index (κ1) is 13.5. The number of rotatable bonds is 5. The Hall–Kier alpha value is -1.55. The molecule has 1 unspecified atom stereocenters. The van der Waals surface area contributed by atoms with Gasteiger partial charge < -0.3 is 15.5 Å². The van der Waals surface area contributed by atoms with Gasteiger partial charge in [0.05, 0.1) is 6.10 Å². The number of aliphatic hydroxyl groups is 1. The Morgan fingerprint density at radius 3 is 2.76 bits per heavy atom. The number of phenols is 1. The molecular formula is C13H19NO3. The average molecular weight is 237 g/mol. The molecule has 0 heterocycles. The molecule has 4 nitrogen and oxygen atoms in total. The minimum absolute atomic E-state index is 0.174. The van der Waals surface area contributed by atoms with Crippen LogP contribution in [0.3, 0.4) is 0 Å². The van der Waals surface area contributed by atoms with Gasteiger partial charge in [0.15, 0.2) is 0 Å². The Kier molecular flexibility index (Phi) is 4.97. The average Bonchev–Trinajstić information content (AvgIpc) is 2.30. The number of aromatic hydroxyl groups is 1. The molecule has 1 aromatic rings. The number of aryl methyl sites for hydroxylation is 1. The zero-order chi connectivity index (χ0) is 12.8. The van der Waals surface area contributed by atoms with Gasteiger partial charge in [-0.25, -0.2) is 0 Å². The van der Waals surface area contributed by atoms with Gasteiger partial charge in [-0.3, -0.25) is 4.79 Å². The molecule has 94 valence electrons. The highest BCUT2D eigenvalue weighted by Crippen LogP contribution is 2.16. The van der Waals surface area contributed by atoms with Crippen LogP contribution >= 0.6 is 0 Å². The summed E-state index contributed by atoms with van der Waals surface area (Å²) in [5, 5.41) is 21.5. The maximum Gasteiger partial charge on any atom is 0.251 e. The molecule has 0 aliphatic heterocycles. The summed E-state index contributed by atoms with van der Waals surface area (Å²) in [6.07, 6.45) is 1.06. The van der Waals surface area contributed by atoms with E-state index in [9.17, 15) is 15.0 Å². The van der Waals surface area contributed by atoms with E-state index >= 15 is 0 Å². The molecule has 17 heavy (non-hydrogen) atoms. The van der Waals surface area contributed by atoms with Crippen LogP contribution in [-0.2, 0) is 0 Å². The van der Waals surface area contributed by atoms with E-state index < -0.39 is 6.10 Å². The van der Waals surface area contributed by atoms with E-state index in [-0.39, 0.29) is 18.2 Å². The van der Waals surface area contributed by atoms with Gasteiger partial charge in [-0.15, -0.1) is 0 Å². The highest BCUT2D eigenvalue weighted by atomic mass is 16.3. The molecule has 4 heteroatoms. The van der Waals surface area contributed by atoms with E-state index in [4.69, 9.17) is 0 Å². The minimum atomic E-state index is -0.498. The van der Waals surface area contributed by atoms with Crippen LogP contribution in [0.25, 0.3) is 0 Å². The summed E-state index contributed by atoms with van der Waals surface area (Å²) < 4.78 is 0. The predicted molar refractivity (Wildman–Crippen MR) is 66.1 cm³/mol. The van der Waals surface area contributed by atoms with Gasteiger partial charge >= 0.3 is 0 Å². The molecule has 1 amide bonds. The quantitative estimate of drug-likeness (QED) is 0.728. The topological polar surface area (TPSA) is 69.6 Å². The molecule has 0 aromatic heterocycles. The molecule has 0 spiro atoms. The van der Waals surface area contributed by atoms with E-state index in [0.29, 0.717) is 17.5 Å². The predicted octanol–water partition coefficient (Wildman–Crippen LogP) is 1.59. The van der Waals surface area contributed by atoms with Crippen LogP contribution in [-0.4, -0.2) is 28.8 Å². The summed E-state index contributed by atoms with van der Waals surface area (Å²) in [6.45, 7) is 3.97. The highest BCUT2D eigenvalue weighted by molar-refractivity contribution is 5.94. The lowest BCUT2D eigenvalue weighted by Crippen LogP contribution is -2.32. The minimum Gasteiger partial charge on any atom is -0.508 e. The third-order valence-corrected chi connectivity index (χ3v) is 2.58. The molecule has 0 saturated heterocycles. The lowest BCUT2D eigenvalue weighted by Gasteiger charge is -2.11. The number of hydrogen-bond donors (Lipinski definition) is 3. The van der Waals surface area contributed by atoms with Crippen molar-refractivity contribution >= 4 is 5.91 Å². The van der Waals surface area contributed by atoms with Gasteiger partial charge in [0.25, 0.3) is 5.91 Å². The number of phenolic OH excluding ortho intramolecular Hbond substituents is 1. The molecule has 1 aromatic carbocycles. The van der Waals surface area contributed by atoms with Crippen LogP contribution in [0.1, 0.15) is 35.7 Å². The van der Waals surface area contributed by atoms with E-state index in [1.165, 1.54) is 6.07 Å². The Morgan fingerprint density at radius 2 is 2.18 bits per heavy atom. The number of carbonyl (C=O) groups excluding carboxylic acids is 1. The molecule has 0 saturated carbocycles. The van der Waals surface area contributed by atoms with Crippen molar-refractivity contribution in [1.29, 1.82) is 0 Å². The molecule has 0 bridgehead atoms. The third kappa shape index (κ3) is 4.07. The number of benzene rings is 1. The number of amides is 1. The lowest BCUT2D eigenvalue weighted by atomic mass is 10.1. The van der Waals surface area contributed by atoms with Gasteiger partial charge in [-0.05, 0) is 37.1 Å². The van der Waals surface area contributed by atoms with Crippen molar-refractivity contribution in [3.8, 4) is 5.75 Å². The van der Waals surface area contributed by atoms with Crippen molar-refractivity contribution < 1.29 is 15.0 Å². The zero-order valence-electron chi connectivity index (χ0n) is 10.2. The summed E-state index contributed by atoms with van der Waals surface area (Å²) in [5.74, 6) is -0.0594. The zero-order valence-corrected chi connectivity index (χ0v) is 10.2. The normalized spacial score (nSPS) is 12.2. The fraction of sp³-hybridized carbons (Fsp3) is 0.462. The second-order valence-electron chi connectivity index (χ2n) is 4.15. The highest BCUT2D eigenvalue weighted by Gasteiger charge is 2.09. The van der Waals surface area contributed by atoms with Gasteiger partial charge in [-0.2, -0.15) is 0 Å². The monoisotopic (exact) mass is 237 g/mol. The summed E-state index contributed by atoms with van der Waals surface area (Å²) in [7, 11) is 0. The SMILES string of the molecule is CCCC(O)CNC(=O)c1ccc(O)c(C)c1. The van der Waals surface area contributed by atoms with E-state index in [0.717, 1.165) is 6.42 Å². The van der Waals surface area contributed by atoms with Crippen LogP contribution in [0.5, 0.6) is 5.75 Å². The summed E-state index contributed by atoms with van der Waals surface area (Å²) in [6, 6.07) is 4.67. The van der Waals surface area contributed by atoms with Crippen molar-refractivity contribution in [1.82, 2.24) is 5.32 Å². The van der Waals surface area contributed by atoms with Crippen molar-refractivity contribution in [2.75, 3.05) is 6.54 Å². The van der Waals surface area contributed by atoms with Crippen LogP contribution < -0.4 is 5.32 Å². The Labute approximate surface area is 101 Å². The standard InChI is InChI=1S/C13H19NO3/c1-3-4-11(15)8-14-13(17)10-5-6-12(16)9(2)7-10/h5-7,11,15-16H,3-4,8H2,1-2H3,(H,14,17). The first-order valence-corrected chi connectivity index (χ1v) is 5.80. The van der Waals surface area contributed by atoms with E-state index in [1.807, 2.05) is 6.92 Å². The molecule has 0 radical (unpaired) electrons. The summed E-state index contributed by atoms with van der Waals surface area (Å²) >= 11 is 0. The third-order valence-electron chi connectivity index (χ3n) is 2.58. The fourth-order valence-corrected chi connectivity index (χ4v) is 1.54. The Morgan fingerprint density at radius 1 is 1.47 bits per heavy atom. The summed E-state index contributed by atoms with van der Waals surface area (Å²) in [5.41, 5.74) is 1.15. The second-order valence-corrected chi connectivity index (χ2v) is 4.15. The molecule has 1 rings (SSSR count). The molecule has 0 aliphatic rings. The largest absolute Gasteiger partial charge is 0.508 e. The smallest absolute Gasteiger partial charge is 0.251 e. The molecule has 3 N–H and O–H groups in total. The van der Waals surface area contributed by atoms with Gasteiger partial charge in [0.1, 0.15) is 5.75 Å². The van der Waals surface area contributed by atoms with Crippen LogP contribution in [0.4, 0.5) is 0 Å². The maximum absolute atomic E-state index is 11.7. The van der Waals surface area contributed by atoms with E-state index in [1.54, 1.807) is 19.1 Å². The first-order chi connectivity index (χ1) is 8.04. The van der Waals surface area contributed by atoms with Gasteiger partial charge in [0.2, 0.25) is 0 Å². The molecule has 1 atom stereocenters. The maximum atomic E-state index is 11.7. The first-order valence-electron chi connectivity index (χ1n) is 5.80.